The van der Waals surface area contributed by atoms with Crippen molar-refractivity contribution in [3.8, 4) is 16.9 Å². The number of rotatable bonds is 5. The van der Waals surface area contributed by atoms with Crippen molar-refractivity contribution in [2.75, 3.05) is 13.2 Å². The summed E-state index contributed by atoms with van der Waals surface area (Å²) in [5, 5.41) is 12.7. The molecule has 1 amide bonds. The lowest BCUT2D eigenvalue weighted by molar-refractivity contribution is 0.0172. The number of benzene rings is 1. The fraction of sp³-hybridized carbons (Fsp3) is 0.227. The molecule has 0 aliphatic carbocycles. The maximum atomic E-state index is 13.5. The van der Waals surface area contributed by atoms with Gasteiger partial charge in [0.05, 0.1) is 54.9 Å². The first-order valence-corrected chi connectivity index (χ1v) is 10.1. The first-order valence-electron chi connectivity index (χ1n) is 10.1. The van der Waals surface area contributed by atoms with Crippen molar-refractivity contribution in [2.45, 2.75) is 19.7 Å². The number of carbonyl (C=O) groups is 1. The Labute approximate surface area is 183 Å². The van der Waals surface area contributed by atoms with E-state index in [1.807, 2.05) is 25.1 Å². The zero-order valence-electron chi connectivity index (χ0n) is 17.3. The van der Waals surface area contributed by atoms with E-state index in [9.17, 15) is 9.18 Å². The second-order valence-electron chi connectivity index (χ2n) is 7.48. The summed E-state index contributed by atoms with van der Waals surface area (Å²) >= 11 is 0. The van der Waals surface area contributed by atoms with Crippen LogP contribution in [0.15, 0.2) is 61.3 Å². The van der Waals surface area contributed by atoms with E-state index in [0.29, 0.717) is 36.6 Å². The van der Waals surface area contributed by atoms with Crippen LogP contribution in [0.25, 0.3) is 16.9 Å². The molecular formula is C22H20FN7O2. The molecule has 1 saturated heterocycles. The van der Waals surface area contributed by atoms with Gasteiger partial charge in [0.1, 0.15) is 5.82 Å². The lowest BCUT2D eigenvalue weighted by atomic mass is 10.1. The van der Waals surface area contributed by atoms with Gasteiger partial charge in [-0.3, -0.25) is 14.5 Å². The normalized spacial score (nSPS) is 15.9. The lowest BCUT2D eigenvalue weighted by Gasteiger charge is -2.24. The number of aryl methyl sites for hydroxylation is 1. The Bertz CT molecular complexity index is 1240. The van der Waals surface area contributed by atoms with Gasteiger partial charge in [-0.05, 0) is 31.2 Å². The molecule has 1 fully saturated rings. The van der Waals surface area contributed by atoms with E-state index >= 15 is 0 Å². The number of ether oxygens (including phenoxy) is 1. The Kier molecular flexibility index (Phi) is 5.20. The van der Waals surface area contributed by atoms with Gasteiger partial charge in [0.2, 0.25) is 0 Å². The summed E-state index contributed by atoms with van der Waals surface area (Å²) in [6, 6.07) is 8.55. The smallest absolute Gasteiger partial charge is 0.258 e. The van der Waals surface area contributed by atoms with E-state index in [0.717, 1.165) is 11.1 Å². The zero-order valence-corrected chi connectivity index (χ0v) is 17.3. The Morgan fingerprint density at radius 1 is 1.16 bits per heavy atom. The molecule has 4 heterocycles. The maximum absolute atomic E-state index is 13.5. The highest BCUT2D eigenvalue weighted by molar-refractivity contribution is 5.98. The number of hydrogen-bond acceptors (Lipinski definition) is 6. The van der Waals surface area contributed by atoms with Crippen molar-refractivity contribution in [3.05, 3.63) is 78.3 Å². The number of pyridine rings is 1. The first-order chi connectivity index (χ1) is 15.6. The van der Waals surface area contributed by atoms with Gasteiger partial charge in [0.15, 0.2) is 6.23 Å². The number of aromatic nitrogens is 6. The SMILES string of the molecule is Cc1ccc(-n2nccn2)c(C(=O)N2CCOC2Cn2cc(-c3ccc(F)cn3)cn2)c1. The third kappa shape index (κ3) is 3.87. The van der Waals surface area contributed by atoms with Crippen LogP contribution < -0.4 is 0 Å². The minimum absolute atomic E-state index is 0.156. The molecule has 1 unspecified atom stereocenters. The molecule has 9 nitrogen and oxygen atoms in total. The van der Waals surface area contributed by atoms with Crippen LogP contribution in [0.3, 0.4) is 0 Å². The van der Waals surface area contributed by atoms with Gasteiger partial charge in [-0.15, -0.1) is 0 Å². The summed E-state index contributed by atoms with van der Waals surface area (Å²) in [6.07, 6.45) is 7.29. The highest BCUT2D eigenvalue weighted by atomic mass is 19.1. The molecule has 1 atom stereocenters. The topological polar surface area (TPSA) is 91.0 Å². The van der Waals surface area contributed by atoms with Gasteiger partial charge in [-0.1, -0.05) is 11.6 Å². The van der Waals surface area contributed by atoms with E-state index in [4.69, 9.17) is 4.74 Å². The molecule has 3 aromatic heterocycles. The third-order valence-electron chi connectivity index (χ3n) is 5.27. The van der Waals surface area contributed by atoms with Crippen molar-refractivity contribution in [1.82, 2.24) is 34.7 Å². The molecule has 0 spiro atoms. The molecule has 4 aromatic rings. The molecule has 10 heteroatoms. The van der Waals surface area contributed by atoms with Crippen molar-refractivity contribution >= 4 is 5.91 Å². The summed E-state index contributed by atoms with van der Waals surface area (Å²) in [5.41, 5.74) is 3.46. The minimum Gasteiger partial charge on any atom is -0.354 e. The summed E-state index contributed by atoms with van der Waals surface area (Å²) in [6.45, 7) is 3.19. The van der Waals surface area contributed by atoms with E-state index in [1.165, 1.54) is 17.1 Å². The van der Waals surface area contributed by atoms with Gasteiger partial charge >= 0.3 is 0 Å². The molecule has 32 heavy (non-hydrogen) atoms. The summed E-state index contributed by atoms with van der Waals surface area (Å²) in [7, 11) is 0. The number of amides is 1. The Morgan fingerprint density at radius 3 is 2.78 bits per heavy atom. The van der Waals surface area contributed by atoms with Crippen LogP contribution in [0.5, 0.6) is 0 Å². The second kappa shape index (κ2) is 8.31. The van der Waals surface area contributed by atoms with Gasteiger partial charge in [0, 0.05) is 18.3 Å². The third-order valence-corrected chi connectivity index (χ3v) is 5.27. The molecule has 0 saturated carbocycles. The Hall–Kier alpha value is -3.92. The zero-order chi connectivity index (χ0) is 22.1. The van der Waals surface area contributed by atoms with Crippen molar-refractivity contribution in [1.29, 1.82) is 0 Å². The monoisotopic (exact) mass is 433 g/mol. The largest absolute Gasteiger partial charge is 0.354 e. The molecule has 1 aliphatic rings. The van der Waals surface area contributed by atoms with E-state index in [1.54, 1.807) is 40.4 Å². The van der Waals surface area contributed by atoms with Crippen molar-refractivity contribution < 1.29 is 13.9 Å². The van der Waals surface area contributed by atoms with Crippen LogP contribution >= 0.6 is 0 Å². The van der Waals surface area contributed by atoms with Crippen LogP contribution in [-0.4, -0.2) is 59.9 Å². The summed E-state index contributed by atoms with van der Waals surface area (Å²) in [5.74, 6) is -0.549. The van der Waals surface area contributed by atoms with Crippen LogP contribution in [0.2, 0.25) is 0 Å². The number of nitrogens with zero attached hydrogens (tertiary/aromatic N) is 7. The maximum Gasteiger partial charge on any atom is 0.258 e. The molecule has 0 radical (unpaired) electrons. The Balaban J connectivity index is 1.37. The molecule has 162 valence electrons. The van der Waals surface area contributed by atoms with Crippen LogP contribution in [-0.2, 0) is 11.3 Å². The molecular weight excluding hydrogens is 413 g/mol. The van der Waals surface area contributed by atoms with E-state index in [-0.39, 0.29) is 5.91 Å². The number of hydrogen-bond donors (Lipinski definition) is 0. The van der Waals surface area contributed by atoms with E-state index in [2.05, 4.69) is 20.3 Å². The summed E-state index contributed by atoms with van der Waals surface area (Å²) < 4.78 is 20.7. The standard InChI is InChI=1S/C22H20FN7O2/c1-15-2-5-20(30-25-6-7-26-30)18(10-15)22(31)29-8-9-32-21(29)14-28-13-16(11-27-28)19-4-3-17(23)12-24-19/h2-7,10-13,21H,8-9,14H2,1H3. The van der Waals surface area contributed by atoms with E-state index < -0.39 is 12.0 Å². The highest BCUT2D eigenvalue weighted by Gasteiger charge is 2.32. The predicted octanol–water partition coefficient (Wildman–Crippen LogP) is 2.47. The van der Waals surface area contributed by atoms with Crippen molar-refractivity contribution in [2.24, 2.45) is 0 Å². The van der Waals surface area contributed by atoms with Gasteiger partial charge in [0.25, 0.3) is 5.91 Å². The molecule has 0 bridgehead atoms. The number of halogens is 1. The molecule has 1 aliphatic heterocycles. The average molecular weight is 433 g/mol. The molecule has 1 aromatic carbocycles. The fourth-order valence-electron chi connectivity index (χ4n) is 3.70. The fourth-order valence-corrected chi connectivity index (χ4v) is 3.70. The number of carbonyl (C=O) groups excluding carboxylic acids is 1. The quantitative estimate of drug-likeness (QED) is 0.480. The molecule has 5 rings (SSSR count). The van der Waals surface area contributed by atoms with Crippen molar-refractivity contribution in [3.63, 3.8) is 0 Å². The Morgan fingerprint density at radius 2 is 2.00 bits per heavy atom. The minimum atomic E-state index is -0.477. The summed E-state index contributed by atoms with van der Waals surface area (Å²) in [4.78, 5) is 20.7. The average Bonchev–Trinajstić information content (AvgIpc) is 3.56. The molecule has 0 N–H and O–H groups in total. The van der Waals surface area contributed by atoms with Gasteiger partial charge in [-0.25, -0.2) is 4.39 Å². The van der Waals surface area contributed by atoms with Crippen LogP contribution in [0.1, 0.15) is 15.9 Å². The highest BCUT2D eigenvalue weighted by Crippen LogP contribution is 2.23. The predicted molar refractivity (Wildman–Crippen MR) is 112 cm³/mol. The van der Waals surface area contributed by atoms with Crippen LogP contribution in [0, 0.1) is 12.7 Å². The lowest BCUT2D eigenvalue weighted by Crippen LogP contribution is -2.39. The van der Waals surface area contributed by atoms with Gasteiger partial charge < -0.3 is 9.64 Å². The van der Waals surface area contributed by atoms with Crippen LogP contribution in [0.4, 0.5) is 4.39 Å². The second-order valence-corrected chi connectivity index (χ2v) is 7.48. The van der Waals surface area contributed by atoms with Gasteiger partial charge in [-0.2, -0.15) is 20.1 Å². The first kappa shape index (κ1) is 20.0.